The molecule has 0 radical (unpaired) electrons. The van der Waals surface area contributed by atoms with E-state index in [1.807, 2.05) is 12.2 Å². The molecule has 1 saturated heterocycles. The van der Waals surface area contributed by atoms with Gasteiger partial charge in [0.05, 0.1) is 19.0 Å². The minimum Gasteiger partial charge on any atom is -0.498 e. The standard InChI is InChI=1S/C24H36F2O3/c1-5-6-7-8-19-9-12-22(28-15-19)16-29-21-13-10-20(11-14-21)17(2)23(25)24(26)18(3)27-4/h10,13,19,22H,5-9,11-12,14-16H2,1-4H3/b23-17-,24-18-. The molecule has 0 spiro atoms. The van der Waals surface area contributed by atoms with Crippen LogP contribution in [0.1, 0.15) is 72.1 Å². The molecule has 1 aliphatic heterocycles. The van der Waals surface area contributed by atoms with E-state index in [-0.39, 0.29) is 11.9 Å². The van der Waals surface area contributed by atoms with Crippen molar-refractivity contribution in [3.05, 3.63) is 46.5 Å². The number of rotatable bonds is 10. The minimum atomic E-state index is -0.945. The van der Waals surface area contributed by atoms with Crippen molar-refractivity contribution in [1.29, 1.82) is 0 Å². The van der Waals surface area contributed by atoms with Crippen LogP contribution >= 0.6 is 0 Å². The van der Waals surface area contributed by atoms with Gasteiger partial charge in [0.25, 0.3) is 0 Å². The van der Waals surface area contributed by atoms with E-state index in [0.717, 1.165) is 24.4 Å². The highest BCUT2D eigenvalue weighted by Crippen LogP contribution is 2.31. The van der Waals surface area contributed by atoms with E-state index >= 15 is 0 Å². The maximum atomic E-state index is 14.3. The summed E-state index contributed by atoms with van der Waals surface area (Å²) in [5.41, 5.74) is 1.08. The van der Waals surface area contributed by atoms with Gasteiger partial charge in [0.1, 0.15) is 12.4 Å². The number of allylic oxidation sites excluding steroid dienone is 8. The maximum Gasteiger partial charge on any atom is 0.196 e. The highest BCUT2D eigenvalue weighted by Gasteiger charge is 2.23. The van der Waals surface area contributed by atoms with Gasteiger partial charge in [-0.1, -0.05) is 32.3 Å². The van der Waals surface area contributed by atoms with Gasteiger partial charge in [0.15, 0.2) is 11.7 Å². The molecule has 29 heavy (non-hydrogen) atoms. The van der Waals surface area contributed by atoms with Crippen molar-refractivity contribution in [2.24, 2.45) is 5.92 Å². The van der Waals surface area contributed by atoms with E-state index in [1.165, 1.54) is 46.1 Å². The first-order chi connectivity index (χ1) is 14.0. The van der Waals surface area contributed by atoms with E-state index in [0.29, 0.717) is 30.9 Å². The lowest BCUT2D eigenvalue weighted by molar-refractivity contribution is -0.0517. The number of unbranched alkanes of at least 4 members (excludes halogenated alkanes) is 2. The molecule has 0 aromatic rings. The van der Waals surface area contributed by atoms with Crippen LogP contribution in [0.15, 0.2) is 46.5 Å². The van der Waals surface area contributed by atoms with Crippen LogP contribution in [0, 0.1) is 5.92 Å². The molecule has 1 heterocycles. The molecule has 0 bridgehead atoms. The van der Waals surface area contributed by atoms with Crippen LogP contribution < -0.4 is 0 Å². The Morgan fingerprint density at radius 1 is 1.10 bits per heavy atom. The Kier molecular flexibility index (Phi) is 9.92. The molecule has 2 atom stereocenters. The van der Waals surface area contributed by atoms with E-state index in [4.69, 9.17) is 14.2 Å². The van der Waals surface area contributed by atoms with Crippen molar-refractivity contribution in [1.82, 2.24) is 0 Å². The summed E-state index contributed by atoms with van der Waals surface area (Å²) in [6, 6.07) is 0. The Morgan fingerprint density at radius 3 is 2.48 bits per heavy atom. The van der Waals surface area contributed by atoms with Crippen LogP contribution in [0.25, 0.3) is 0 Å². The van der Waals surface area contributed by atoms with Gasteiger partial charge >= 0.3 is 0 Å². The molecule has 0 amide bonds. The largest absolute Gasteiger partial charge is 0.498 e. The monoisotopic (exact) mass is 410 g/mol. The van der Waals surface area contributed by atoms with E-state index < -0.39 is 11.7 Å². The molecule has 1 fully saturated rings. The van der Waals surface area contributed by atoms with Crippen LogP contribution in [0.2, 0.25) is 0 Å². The minimum absolute atomic E-state index is 0.0575. The lowest BCUT2D eigenvalue weighted by Gasteiger charge is -2.29. The van der Waals surface area contributed by atoms with Gasteiger partial charge < -0.3 is 14.2 Å². The average Bonchev–Trinajstić information content (AvgIpc) is 2.77. The lowest BCUT2D eigenvalue weighted by atomic mass is 9.93. The number of hydrogen-bond donors (Lipinski definition) is 0. The molecule has 3 nitrogen and oxygen atoms in total. The van der Waals surface area contributed by atoms with Gasteiger partial charge in [0.2, 0.25) is 0 Å². The van der Waals surface area contributed by atoms with Gasteiger partial charge in [-0.3, -0.25) is 0 Å². The first-order valence-corrected chi connectivity index (χ1v) is 10.9. The zero-order chi connectivity index (χ0) is 21.2. The molecule has 2 aliphatic rings. The highest BCUT2D eigenvalue weighted by atomic mass is 19.2. The summed E-state index contributed by atoms with van der Waals surface area (Å²) in [6.45, 7) is 6.63. The van der Waals surface area contributed by atoms with Crippen LogP contribution in [0.5, 0.6) is 0 Å². The Bertz CT molecular complexity index is 653. The van der Waals surface area contributed by atoms with E-state index in [9.17, 15) is 8.78 Å². The Hall–Kier alpha value is -1.62. The fourth-order valence-corrected chi connectivity index (χ4v) is 3.70. The van der Waals surface area contributed by atoms with Gasteiger partial charge in [-0.25, -0.2) is 8.78 Å². The molecule has 5 heteroatoms. The van der Waals surface area contributed by atoms with Crippen LogP contribution in [0.3, 0.4) is 0 Å². The van der Waals surface area contributed by atoms with Crippen molar-refractivity contribution in [2.75, 3.05) is 20.3 Å². The first-order valence-electron chi connectivity index (χ1n) is 10.9. The van der Waals surface area contributed by atoms with Gasteiger partial charge in [-0.05, 0) is 62.7 Å². The third kappa shape index (κ3) is 7.29. The SMILES string of the molecule is CCCCCC1CCC(COC2=CC=C(/C(C)=C(F)/C(F)=C(\C)OC)CC2)OC1. The molecular formula is C24H36F2O3. The second-order valence-corrected chi connectivity index (χ2v) is 8.04. The molecular weight excluding hydrogens is 374 g/mol. The molecule has 1 aliphatic carbocycles. The smallest absolute Gasteiger partial charge is 0.196 e. The van der Waals surface area contributed by atoms with Gasteiger partial charge in [-0.15, -0.1) is 0 Å². The summed E-state index contributed by atoms with van der Waals surface area (Å²) in [7, 11) is 1.33. The third-order valence-electron chi connectivity index (χ3n) is 5.87. The Balaban J connectivity index is 1.82. The van der Waals surface area contributed by atoms with Gasteiger partial charge in [-0.2, -0.15) is 0 Å². The molecule has 0 saturated carbocycles. The molecule has 0 aromatic carbocycles. The van der Waals surface area contributed by atoms with Crippen molar-refractivity contribution in [2.45, 2.75) is 78.2 Å². The van der Waals surface area contributed by atoms with E-state index in [2.05, 4.69) is 6.92 Å². The van der Waals surface area contributed by atoms with Crippen molar-refractivity contribution in [3.8, 4) is 0 Å². The predicted octanol–water partition coefficient (Wildman–Crippen LogP) is 7.07. The molecule has 0 N–H and O–H groups in total. The topological polar surface area (TPSA) is 27.7 Å². The summed E-state index contributed by atoms with van der Waals surface area (Å²) < 4.78 is 44.9. The number of ether oxygens (including phenoxy) is 3. The number of hydrogen-bond acceptors (Lipinski definition) is 3. The third-order valence-corrected chi connectivity index (χ3v) is 5.87. The Morgan fingerprint density at radius 2 is 1.90 bits per heavy atom. The maximum absolute atomic E-state index is 14.3. The zero-order valence-electron chi connectivity index (χ0n) is 18.4. The Labute approximate surface area is 174 Å². The summed E-state index contributed by atoms with van der Waals surface area (Å²) in [6.07, 6.45) is 12.5. The summed E-state index contributed by atoms with van der Waals surface area (Å²) in [5.74, 6) is -0.299. The van der Waals surface area contributed by atoms with Gasteiger partial charge in [0, 0.05) is 13.0 Å². The normalized spacial score (nSPS) is 24.2. The van der Waals surface area contributed by atoms with Crippen molar-refractivity contribution < 1.29 is 23.0 Å². The van der Waals surface area contributed by atoms with Crippen LogP contribution in [-0.2, 0) is 14.2 Å². The highest BCUT2D eigenvalue weighted by molar-refractivity contribution is 5.42. The molecule has 164 valence electrons. The van der Waals surface area contributed by atoms with E-state index in [1.54, 1.807) is 6.92 Å². The van der Waals surface area contributed by atoms with Crippen molar-refractivity contribution >= 4 is 0 Å². The second-order valence-electron chi connectivity index (χ2n) is 8.04. The first kappa shape index (κ1) is 23.7. The summed E-state index contributed by atoms with van der Waals surface area (Å²) in [4.78, 5) is 0. The second kappa shape index (κ2) is 12.2. The molecule has 2 rings (SSSR count). The van der Waals surface area contributed by atoms with Crippen LogP contribution in [0.4, 0.5) is 8.78 Å². The number of halogens is 2. The van der Waals surface area contributed by atoms with Crippen LogP contribution in [-0.4, -0.2) is 26.4 Å². The van der Waals surface area contributed by atoms with Crippen molar-refractivity contribution in [3.63, 3.8) is 0 Å². The zero-order valence-corrected chi connectivity index (χ0v) is 18.4. The average molecular weight is 411 g/mol. The fourth-order valence-electron chi connectivity index (χ4n) is 3.70. The quantitative estimate of drug-likeness (QED) is 0.219. The predicted molar refractivity (Wildman–Crippen MR) is 113 cm³/mol. The molecule has 0 aromatic heterocycles. The number of methoxy groups -OCH3 is 1. The summed E-state index contributed by atoms with van der Waals surface area (Å²) in [5, 5.41) is 0. The molecule has 2 unspecified atom stereocenters. The lowest BCUT2D eigenvalue weighted by Crippen LogP contribution is -2.29. The fraction of sp³-hybridized carbons (Fsp3) is 0.667. The summed E-state index contributed by atoms with van der Waals surface area (Å²) >= 11 is 0.